The fourth-order valence-corrected chi connectivity index (χ4v) is 2.49. The van der Waals surface area contributed by atoms with Crippen LogP contribution in [0.15, 0.2) is 29.2 Å². The van der Waals surface area contributed by atoms with Gasteiger partial charge >= 0.3 is 0 Å². The molecule has 0 spiro atoms. The average molecular weight is 251 g/mol. The Kier molecular flexibility index (Phi) is 4.07. The van der Waals surface area contributed by atoms with Crippen molar-refractivity contribution >= 4 is 18.5 Å². The van der Waals surface area contributed by atoms with Gasteiger partial charge in [0.25, 0.3) is 5.91 Å². The van der Waals surface area contributed by atoms with Crippen molar-refractivity contribution in [3.8, 4) is 0 Å². The fraction of sp³-hybridized carbons (Fsp3) is 0.462. The van der Waals surface area contributed by atoms with E-state index in [0.717, 1.165) is 19.3 Å². The predicted molar refractivity (Wildman–Crippen MR) is 69.4 cm³/mol. The van der Waals surface area contributed by atoms with Crippen LogP contribution in [0.3, 0.4) is 0 Å². The zero-order valence-corrected chi connectivity index (χ0v) is 10.5. The molecule has 0 aliphatic heterocycles. The van der Waals surface area contributed by atoms with Crippen LogP contribution in [0, 0.1) is 5.92 Å². The quantitative estimate of drug-likeness (QED) is 0.718. The summed E-state index contributed by atoms with van der Waals surface area (Å²) in [5.41, 5.74) is 0.606. The number of rotatable bonds is 3. The molecule has 3 nitrogen and oxygen atoms in total. The van der Waals surface area contributed by atoms with Gasteiger partial charge < -0.3 is 10.4 Å². The van der Waals surface area contributed by atoms with Crippen molar-refractivity contribution in [3.63, 3.8) is 0 Å². The largest absolute Gasteiger partial charge is 0.393 e. The average Bonchev–Trinajstić information content (AvgIpc) is 2.73. The topological polar surface area (TPSA) is 49.3 Å². The van der Waals surface area contributed by atoms with Crippen LogP contribution >= 0.6 is 12.6 Å². The van der Waals surface area contributed by atoms with Gasteiger partial charge in [0.15, 0.2) is 0 Å². The monoisotopic (exact) mass is 251 g/mol. The van der Waals surface area contributed by atoms with Crippen molar-refractivity contribution in [1.82, 2.24) is 5.32 Å². The van der Waals surface area contributed by atoms with Crippen molar-refractivity contribution in [2.75, 3.05) is 6.54 Å². The maximum absolute atomic E-state index is 11.9. The molecule has 0 saturated heterocycles. The van der Waals surface area contributed by atoms with E-state index in [9.17, 15) is 9.90 Å². The number of aliphatic hydroxyl groups excluding tert-OH is 1. The van der Waals surface area contributed by atoms with E-state index in [2.05, 4.69) is 17.9 Å². The minimum absolute atomic E-state index is 0.0861. The van der Waals surface area contributed by atoms with Gasteiger partial charge in [0, 0.05) is 11.4 Å². The summed E-state index contributed by atoms with van der Waals surface area (Å²) in [5, 5.41) is 12.3. The summed E-state index contributed by atoms with van der Waals surface area (Å²) in [7, 11) is 0. The second-order valence-electron chi connectivity index (χ2n) is 4.56. The molecule has 1 aromatic rings. The molecule has 1 aliphatic rings. The number of amides is 1. The van der Waals surface area contributed by atoms with Crippen LogP contribution in [-0.4, -0.2) is 23.7 Å². The van der Waals surface area contributed by atoms with E-state index in [1.807, 2.05) is 12.1 Å². The first-order valence-corrected chi connectivity index (χ1v) is 6.36. The number of carbonyl (C=O) groups excluding carboxylic acids is 1. The molecule has 0 bridgehead atoms. The van der Waals surface area contributed by atoms with Crippen molar-refractivity contribution in [2.24, 2.45) is 5.92 Å². The van der Waals surface area contributed by atoms with Crippen molar-refractivity contribution < 1.29 is 9.90 Å². The van der Waals surface area contributed by atoms with E-state index >= 15 is 0 Å². The fourth-order valence-electron chi connectivity index (χ4n) is 2.23. The Bertz CT molecular complexity index is 408. The highest BCUT2D eigenvalue weighted by molar-refractivity contribution is 7.80. The van der Waals surface area contributed by atoms with Crippen LogP contribution in [0.5, 0.6) is 0 Å². The van der Waals surface area contributed by atoms with Gasteiger partial charge in [0.1, 0.15) is 0 Å². The lowest BCUT2D eigenvalue weighted by Crippen LogP contribution is -2.28. The molecule has 1 fully saturated rings. The van der Waals surface area contributed by atoms with E-state index in [1.165, 1.54) is 0 Å². The van der Waals surface area contributed by atoms with E-state index < -0.39 is 0 Å². The number of thiol groups is 1. The van der Waals surface area contributed by atoms with Gasteiger partial charge in [-0.3, -0.25) is 4.79 Å². The first kappa shape index (κ1) is 12.5. The molecule has 1 amide bonds. The van der Waals surface area contributed by atoms with Crippen LogP contribution in [0.2, 0.25) is 0 Å². The summed E-state index contributed by atoms with van der Waals surface area (Å²) in [6, 6.07) is 7.25. The van der Waals surface area contributed by atoms with E-state index in [4.69, 9.17) is 0 Å². The van der Waals surface area contributed by atoms with Gasteiger partial charge in [-0.15, -0.1) is 12.6 Å². The highest BCUT2D eigenvalue weighted by Gasteiger charge is 2.23. The number of hydrogen-bond acceptors (Lipinski definition) is 3. The molecule has 2 atom stereocenters. The van der Waals surface area contributed by atoms with Gasteiger partial charge in [-0.2, -0.15) is 0 Å². The minimum atomic E-state index is -0.186. The summed E-state index contributed by atoms with van der Waals surface area (Å²) < 4.78 is 0. The second kappa shape index (κ2) is 5.56. The number of carbonyl (C=O) groups is 1. The number of nitrogens with one attached hydrogen (secondary N) is 1. The Morgan fingerprint density at radius 2 is 2.18 bits per heavy atom. The molecule has 1 saturated carbocycles. The van der Waals surface area contributed by atoms with E-state index in [1.54, 1.807) is 12.1 Å². The molecule has 2 N–H and O–H groups in total. The van der Waals surface area contributed by atoms with Crippen molar-refractivity contribution in [2.45, 2.75) is 30.3 Å². The first-order chi connectivity index (χ1) is 8.16. The first-order valence-electron chi connectivity index (χ1n) is 5.91. The maximum Gasteiger partial charge on any atom is 0.252 e. The van der Waals surface area contributed by atoms with Crippen LogP contribution in [0.4, 0.5) is 0 Å². The Balaban J connectivity index is 1.88. The second-order valence-corrected chi connectivity index (χ2v) is 5.04. The smallest absolute Gasteiger partial charge is 0.252 e. The Hall–Kier alpha value is -1.00. The van der Waals surface area contributed by atoms with Gasteiger partial charge in [-0.1, -0.05) is 12.1 Å². The highest BCUT2D eigenvalue weighted by Crippen LogP contribution is 2.24. The minimum Gasteiger partial charge on any atom is -0.393 e. The van der Waals surface area contributed by atoms with E-state index in [0.29, 0.717) is 22.9 Å². The third-order valence-corrected chi connectivity index (χ3v) is 3.60. The number of hydrogen-bond donors (Lipinski definition) is 3. The third kappa shape index (κ3) is 3.23. The SMILES string of the molecule is O=C(NCC1CCC(O)C1)c1ccccc1S. The molecular formula is C13H17NO2S. The molecule has 2 rings (SSSR count). The molecule has 17 heavy (non-hydrogen) atoms. The van der Waals surface area contributed by atoms with Crippen LogP contribution in [0.25, 0.3) is 0 Å². The molecule has 0 radical (unpaired) electrons. The third-order valence-electron chi connectivity index (χ3n) is 3.21. The van der Waals surface area contributed by atoms with Crippen LogP contribution < -0.4 is 5.32 Å². The maximum atomic E-state index is 11.9. The van der Waals surface area contributed by atoms with E-state index in [-0.39, 0.29) is 12.0 Å². The van der Waals surface area contributed by atoms with Crippen molar-refractivity contribution in [1.29, 1.82) is 0 Å². The van der Waals surface area contributed by atoms with Gasteiger partial charge in [0.05, 0.1) is 11.7 Å². The standard InChI is InChI=1S/C13H17NO2S/c15-10-6-5-9(7-10)8-14-13(16)11-3-1-2-4-12(11)17/h1-4,9-10,15,17H,5-8H2,(H,14,16). The number of benzene rings is 1. The predicted octanol–water partition coefficient (Wildman–Crippen LogP) is 1.87. The molecule has 4 heteroatoms. The highest BCUT2D eigenvalue weighted by atomic mass is 32.1. The lowest BCUT2D eigenvalue weighted by atomic mass is 10.1. The summed E-state index contributed by atoms with van der Waals surface area (Å²) in [6.45, 7) is 0.637. The molecular weight excluding hydrogens is 234 g/mol. The molecule has 1 aromatic carbocycles. The summed E-state index contributed by atoms with van der Waals surface area (Å²) in [5.74, 6) is 0.318. The Morgan fingerprint density at radius 3 is 2.82 bits per heavy atom. The van der Waals surface area contributed by atoms with Gasteiger partial charge in [-0.25, -0.2) is 0 Å². The molecule has 0 heterocycles. The Morgan fingerprint density at radius 1 is 1.41 bits per heavy atom. The van der Waals surface area contributed by atoms with Gasteiger partial charge in [0.2, 0.25) is 0 Å². The summed E-state index contributed by atoms with van der Waals surface area (Å²) >= 11 is 4.25. The summed E-state index contributed by atoms with van der Waals surface area (Å²) in [6.07, 6.45) is 2.45. The van der Waals surface area contributed by atoms with Crippen LogP contribution in [0.1, 0.15) is 29.6 Å². The molecule has 2 unspecified atom stereocenters. The zero-order chi connectivity index (χ0) is 12.3. The lowest BCUT2D eigenvalue weighted by molar-refractivity contribution is 0.0942. The lowest BCUT2D eigenvalue weighted by Gasteiger charge is -2.11. The van der Waals surface area contributed by atoms with Crippen LogP contribution in [-0.2, 0) is 0 Å². The number of aliphatic hydroxyl groups is 1. The Labute approximate surface area is 107 Å². The van der Waals surface area contributed by atoms with Gasteiger partial charge in [-0.05, 0) is 37.3 Å². The molecule has 1 aliphatic carbocycles. The normalized spacial score (nSPS) is 23.6. The van der Waals surface area contributed by atoms with Crippen molar-refractivity contribution in [3.05, 3.63) is 29.8 Å². The zero-order valence-electron chi connectivity index (χ0n) is 9.60. The molecule has 92 valence electrons. The molecule has 0 aromatic heterocycles. The summed E-state index contributed by atoms with van der Waals surface area (Å²) in [4.78, 5) is 12.6.